The molecule has 0 radical (unpaired) electrons. The zero-order chi connectivity index (χ0) is 18.8. The van der Waals surface area contributed by atoms with Crippen LogP contribution in [0.25, 0.3) is 0 Å². The van der Waals surface area contributed by atoms with Crippen LogP contribution in [-0.2, 0) is 13.1 Å². The summed E-state index contributed by atoms with van der Waals surface area (Å²) >= 11 is 1.81. The second-order valence-corrected chi connectivity index (χ2v) is 7.73. The molecular formula is C20H30N4OS. The molecule has 1 aromatic carbocycles. The fourth-order valence-corrected chi connectivity index (χ4v) is 3.17. The fraction of sp³-hybridized carbons (Fsp3) is 0.450. The van der Waals surface area contributed by atoms with E-state index < -0.39 is 0 Å². The maximum atomic E-state index is 5.80. The molecule has 0 fully saturated rings. The summed E-state index contributed by atoms with van der Waals surface area (Å²) in [5, 5.41) is 6.69. The Labute approximate surface area is 161 Å². The van der Waals surface area contributed by atoms with E-state index in [-0.39, 0.29) is 0 Å². The minimum Gasteiger partial charge on any atom is -0.492 e. The Hall–Kier alpha value is -2.05. The van der Waals surface area contributed by atoms with Gasteiger partial charge in [-0.25, -0.2) is 4.99 Å². The van der Waals surface area contributed by atoms with Gasteiger partial charge in [-0.05, 0) is 57.8 Å². The Morgan fingerprint density at radius 2 is 2.04 bits per heavy atom. The third-order valence-electron chi connectivity index (χ3n) is 3.70. The summed E-state index contributed by atoms with van der Waals surface area (Å²) in [5.74, 6) is 1.73. The van der Waals surface area contributed by atoms with Gasteiger partial charge in [-0.15, -0.1) is 11.3 Å². The molecule has 0 saturated heterocycles. The Morgan fingerprint density at radius 3 is 2.73 bits per heavy atom. The fourth-order valence-electron chi connectivity index (χ4n) is 2.34. The third kappa shape index (κ3) is 7.45. The molecule has 0 atom stereocenters. The molecule has 2 rings (SSSR count). The van der Waals surface area contributed by atoms with E-state index in [0.29, 0.717) is 13.2 Å². The van der Waals surface area contributed by atoms with E-state index >= 15 is 0 Å². The topological polar surface area (TPSA) is 48.9 Å². The minimum absolute atomic E-state index is 0.615. The van der Waals surface area contributed by atoms with Crippen LogP contribution in [0.5, 0.6) is 5.75 Å². The maximum absolute atomic E-state index is 5.80. The molecule has 26 heavy (non-hydrogen) atoms. The highest BCUT2D eigenvalue weighted by atomic mass is 32.1. The van der Waals surface area contributed by atoms with Crippen molar-refractivity contribution in [2.75, 3.05) is 33.8 Å². The van der Waals surface area contributed by atoms with Crippen LogP contribution in [0.2, 0.25) is 0 Å². The Bertz CT molecular complexity index is 697. The Kier molecular flexibility index (Phi) is 8.44. The predicted octanol–water partition coefficient (Wildman–Crippen LogP) is 3.25. The first kappa shape index (κ1) is 20.3. The SMILES string of the molecule is CCNC(=NCc1cccc(OCCN(C)C)c1)NCc1ccc(C)s1. The summed E-state index contributed by atoms with van der Waals surface area (Å²) in [5.41, 5.74) is 1.14. The second-order valence-electron chi connectivity index (χ2n) is 6.36. The number of thiophene rings is 1. The second kappa shape index (κ2) is 10.8. The molecule has 0 spiro atoms. The molecule has 5 nitrogen and oxygen atoms in total. The third-order valence-corrected chi connectivity index (χ3v) is 4.70. The number of guanidine groups is 1. The lowest BCUT2D eigenvalue weighted by Gasteiger charge is -2.12. The number of rotatable bonds is 9. The largest absolute Gasteiger partial charge is 0.492 e. The molecule has 6 heteroatoms. The monoisotopic (exact) mass is 374 g/mol. The van der Waals surface area contributed by atoms with E-state index in [2.05, 4.69) is 53.6 Å². The van der Waals surface area contributed by atoms with E-state index in [0.717, 1.165) is 36.9 Å². The lowest BCUT2D eigenvalue weighted by atomic mass is 10.2. The van der Waals surface area contributed by atoms with Gasteiger partial charge in [-0.3, -0.25) is 0 Å². The highest BCUT2D eigenvalue weighted by molar-refractivity contribution is 7.11. The van der Waals surface area contributed by atoms with Crippen molar-refractivity contribution in [3.63, 3.8) is 0 Å². The van der Waals surface area contributed by atoms with Crippen molar-refractivity contribution in [2.24, 2.45) is 4.99 Å². The van der Waals surface area contributed by atoms with Crippen molar-refractivity contribution < 1.29 is 4.74 Å². The van der Waals surface area contributed by atoms with Crippen LogP contribution >= 0.6 is 11.3 Å². The van der Waals surface area contributed by atoms with Crippen LogP contribution in [0.15, 0.2) is 41.4 Å². The first-order valence-corrected chi connectivity index (χ1v) is 9.82. The molecule has 2 N–H and O–H groups in total. The van der Waals surface area contributed by atoms with Gasteiger partial charge in [0, 0.05) is 22.8 Å². The van der Waals surface area contributed by atoms with Gasteiger partial charge in [-0.2, -0.15) is 0 Å². The van der Waals surface area contributed by atoms with Crippen molar-refractivity contribution in [2.45, 2.75) is 26.9 Å². The smallest absolute Gasteiger partial charge is 0.191 e. The van der Waals surface area contributed by atoms with Crippen LogP contribution in [0.4, 0.5) is 0 Å². The number of nitrogens with one attached hydrogen (secondary N) is 2. The van der Waals surface area contributed by atoms with Crippen molar-refractivity contribution >= 4 is 17.3 Å². The highest BCUT2D eigenvalue weighted by Crippen LogP contribution is 2.15. The molecule has 0 amide bonds. The molecule has 2 aromatic rings. The number of aliphatic imine (C=N–C) groups is 1. The predicted molar refractivity (Wildman–Crippen MR) is 111 cm³/mol. The van der Waals surface area contributed by atoms with Gasteiger partial charge in [0.2, 0.25) is 0 Å². The normalized spacial score (nSPS) is 11.7. The lowest BCUT2D eigenvalue weighted by Crippen LogP contribution is -2.36. The van der Waals surface area contributed by atoms with Gasteiger partial charge < -0.3 is 20.3 Å². The van der Waals surface area contributed by atoms with Crippen molar-refractivity contribution in [1.82, 2.24) is 15.5 Å². The first-order chi connectivity index (χ1) is 12.6. The average Bonchev–Trinajstić information content (AvgIpc) is 3.03. The van der Waals surface area contributed by atoms with E-state index in [1.165, 1.54) is 9.75 Å². The highest BCUT2D eigenvalue weighted by Gasteiger charge is 2.02. The number of hydrogen-bond acceptors (Lipinski definition) is 4. The van der Waals surface area contributed by atoms with Crippen molar-refractivity contribution in [3.8, 4) is 5.75 Å². The number of benzene rings is 1. The van der Waals surface area contributed by atoms with Gasteiger partial charge in [-0.1, -0.05) is 12.1 Å². The number of likely N-dealkylation sites (N-methyl/N-ethyl adjacent to an activating group) is 1. The zero-order valence-corrected chi connectivity index (χ0v) is 17.0. The van der Waals surface area contributed by atoms with Crippen LogP contribution in [0.1, 0.15) is 22.2 Å². The summed E-state index contributed by atoms with van der Waals surface area (Å²) in [4.78, 5) is 9.44. The van der Waals surface area contributed by atoms with E-state index in [9.17, 15) is 0 Å². The Balaban J connectivity index is 1.91. The molecule has 0 unspecified atom stereocenters. The summed E-state index contributed by atoms with van der Waals surface area (Å²) < 4.78 is 5.80. The van der Waals surface area contributed by atoms with Gasteiger partial charge in [0.1, 0.15) is 12.4 Å². The summed E-state index contributed by atoms with van der Waals surface area (Å²) in [6.45, 7) is 8.03. The Morgan fingerprint density at radius 1 is 1.19 bits per heavy atom. The molecule has 0 aliphatic heterocycles. The summed E-state index contributed by atoms with van der Waals surface area (Å²) in [6.07, 6.45) is 0. The van der Waals surface area contributed by atoms with Gasteiger partial charge in [0.05, 0.1) is 13.1 Å². The van der Waals surface area contributed by atoms with E-state index in [1.807, 2.05) is 37.6 Å². The number of ether oxygens (including phenoxy) is 1. The molecule has 0 aliphatic carbocycles. The molecule has 1 aromatic heterocycles. The van der Waals surface area contributed by atoms with Crippen LogP contribution < -0.4 is 15.4 Å². The van der Waals surface area contributed by atoms with Crippen LogP contribution in [-0.4, -0.2) is 44.7 Å². The van der Waals surface area contributed by atoms with Gasteiger partial charge in [0.15, 0.2) is 5.96 Å². The lowest BCUT2D eigenvalue weighted by molar-refractivity contribution is 0.261. The molecule has 0 bridgehead atoms. The summed E-state index contributed by atoms with van der Waals surface area (Å²) in [7, 11) is 4.09. The maximum Gasteiger partial charge on any atom is 0.191 e. The van der Waals surface area contributed by atoms with Gasteiger partial charge >= 0.3 is 0 Å². The zero-order valence-electron chi connectivity index (χ0n) is 16.2. The minimum atomic E-state index is 0.615. The molecule has 0 aliphatic rings. The molecular weight excluding hydrogens is 344 g/mol. The molecule has 0 saturated carbocycles. The number of aryl methyl sites for hydroxylation is 1. The van der Waals surface area contributed by atoms with Crippen LogP contribution in [0.3, 0.4) is 0 Å². The average molecular weight is 375 g/mol. The standard InChI is InChI=1S/C20H30N4OS/c1-5-21-20(23-15-19-10-9-16(2)26-19)22-14-17-7-6-8-18(13-17)25-12-11-24(3)4/h6-10,13H,5,11-12,14-15H2,1-4H3,(H2,21,22,23). The van der Waals surface area contributed by atoms with Crippen LogP contribution in [0, 0.1) is 6.92 Å². The first-order valence-electron chi connectivity index (χ1n) is 9.00. The number of hydrogen-bond donors (Lipinski definition) is 2. The number of nitrogens with zero attached hydrogens (tertiary/aromatic N) is 2. The van der Waals surface area contributed by atoms with Crippen molar-refractivity contribution in [3.05, 3.63) is 51.7 Å². The van der Waals surface area contributed by atoms with E-state index in [1.54, 1.807) is 0 Å². The van der Waals surface area contributed by atoms with E-state index in [4.69, 9.17) is 9.73 Å². The molecule has 142 valence electrons. The quantitative estimate of drug-likeness (QED) is 0.522. The molecule has 1 heterocycles. The van der Waals surface area contributed by atoms with Crippen molar-refractivity contribution in [1.29, 1.82) is 0 Å². The summed E-state index contributed by atoms with van der Waals surface area (Å²) in [6, 6.07) is 12.5. The van der Waals surface area contributed by atoms with Gasteiger partial charge in [0.25, 0.3) is 0 Å².